The quantitative estimate of drug-likeness (QED) is 0.750. The van der Waals surface area contributed by atoms with Gasteiger partial charge in [-0.3, -0.25) is 4.79 Å². The fourth-order valence-corrected chi connectivity index (χ4v) is 2.23. The zero-order chi connectivity index (χ0) is 14.7. The molecular weight excluding hydrogens is 325 g/mol. The van der Waals surface area contributed by atoms with Gasteiger partial charge in [-0.1, -0.05) is 28.1 Å². The molecule has 20 heavy (non-hydrogen) atoms. The van der Waals surface area contributed by atoms with Crippen molar-refractivity contribution in [3.05, 3.63) is 57.8 Å². The van der Waals surface area contributed by atoms with Gasteiger partial charge in [0.05, 0.1) is 11.3 Å². The Morgan fingerprint density at radius 2 is 2.05 bits per heavy atom. The van der Waals surface area contributed by atoms with Crippen molar-refractivity contribution in [2.45, 2.75) is 6.54 Å². The Morgan fingerprint density at radius 3 is 2.70 bits per heavy atom. The number of anilines is 2. The minimum atomic E-state index is -0.687. The first kappa shape index (κ1) is 14.3. The summed E-state index contributed by atoms with van der Waals surface area (Å²) >= 11 is 3.36. The van der Waals surface area contributed by atoms with E-state index in [1.54, 1.807) is 0 Å². The number of hydrogen-bond acceptors (Lipinski definition) is 3. The summed E-state index contributed by atoms with van der Waals surface area (Å²) in [5.41, 5.74) is 12.0. The molecule has 4 nitrogen and oxygen atoms in total. The third-order valence-corrected chi connectivity index (χ3v) is 3.27. The van der Waals surface area contributed by atoms with Crippen molar-refractivity contribution >= 4 is 33.2 Å². The fraction of sp³-hybridized carbons (Fsp3) is 0.0714. The van der Waals surface area contributed by atoms with E-state index in [0.717, 1.165) is 16.1 Å². The average molecular weight is 338 g/mol. The highest BCUT2D eigenvalue weighted by molar-refractivity contribution is 9.10. The number of benzene rings is 2. The van der Waals surface area contributed by atoms with Gasteiger partial charge in [0, 0.05) is 16.7 Å². The second-order valence-electron chi connectivity index (χ2n) is 4.27. The van der Waals surface area contributed by atoms with Crippen LogP contribution in [0.3, 0.4) is 0 Å². The molecule has 2 aromatic rings. The predicted octanol–water partition coefficient (Wildman–Crippen LogP) is 2.88. The Balaban J connectivity index is 2.21. The molecule has 0 bridgehead atoms. The molecule has 5 N–H and O–H groups in total. The maximum atomic E-state index is 13.8. The molecule has 0 saturated heterocycles. The molecular formula is C14H13BrFN3O. The van der Waals surface area contributed by atoms with Crippen LogP contribution in [-0.2, 0) is 6.54 Å². The van der Waals surface area contributed by atoms with E-state index in [1.807, 2.05) is 24.3 Å². The molecule has 0 saturated carbocycles. The van der Waals surface area contributed by atoms with Crippen LogP contribution in [0.1, 0.15) is 15.9 Å². The average Bonchev–Trinajstić information content (AvgIpc) is 2.37. The van der Waals surface area contributed by atoms with Crippen molar-refractivity contribution in [3.63, 3.8) is 0 Å². The maximum Gasteiger partial charge on any atom is 0.250 e. The largest absolute Gasteiger partial charge is 0.398 e. The Morgan fingerprint density at radius 1 is 1.30 bits per heavy atom. The first-order valence-electron chi connectivity index (χ1n) is 5.84. The number of nitrogens with two attached hydrogens (primary N) is 2. The number of nitrogens with one attached hydrogen (secondary N) is 1. The van der Waals surface area contributed by atoms with Crippen molar-refractivity contribution in [2.24, 2.45) is 5.73 Å². The molecule has 0 heterocycles. The minimum absolute atomic E-state index is 0.0306. The van der Waals surface area contributed by atoms with Crippen LogP contribution >= 0.6 is 15.9 Å². The van der Waals surface area contributed by atoms with E-state index in [0.29, 0.717) is 6.54 Å². The zero-order valence-corrected chi connectivity index (χ0v) is 12.1. The van der Waals surface area contributed by atoms with E-state index in [2.05, 4.69) is 21.2 Å². The topological polar surface area (TPSA) is 81.1 Å². The molecule has 1 amide bonds. The van der Waals surface area contributed by atoms with Gasteiger partial charge < -0.3 is 16.8 Å². The van der Waals surface area contributed by atoms with Crippen LogP contribution in [0, 0.1) is 5.82 Å². The lowest BCUT2D eigenvalue weighted by molar-refractivity contribution is 0.100. The standard InChI is InChI=1S/C14H13BrFN3O/c15-9-3-1-2-8(4-9)7-19-13-5-10(14(18)20)12(17)6-11(13)16/h1-6,19H,7,17H2,(H2,18,20). The van der Waals surface area contributed by atoms with E-state index in [9.17, 15) is 9.18 Å². The van der Waals surface area contributed by atoms with E-state index in [4.69, 9.17) is 11.5 Å². The van der Waals surface area contributed by atoms with Gasteiger partial charge in [-0.15, -0.1) is 0 Å². The molecule has 0 aliphatic carbocycles. The van der Waals surface area contributed by atoms with Crippen LogP contribution in [0.2, 0.25) is 0 Å². The van der Waals surface area contributed by atoms with Crippen LogP contribution in [-0.4, -0.2) is 5.91 Å². The van der Waals surface area contributed by atoms with Crippen molar-refractivity contribution in [3.8, 4) is 0 Å². The van der Waals surface area contributed by atoms with E-state index < -0.39 is 11.7 Å². The summed E-state index contributed by atoms with van der Waals surface area (Å²) in [7, 11) is 0. The first-order valence-corrected chi connectivity index (χ1v) is 6.64. The highest BCUT2D eigenvalue weighted by Gasteiger charge is 2.11. The minimum Gasteiger partial charge on any atom is -0.398 e. The molecule has 0 radical (unpaired) electrons. The van der Waals surface area contributed by atoms with Crippen molar-refractivity contribution in [1.82, 2.24) is 0 Å². The third kappa shape index (κ3) is 3.27. The summed E-state index contributed by atoms with van der Waals surface area (Å²) in [4.78, 5) is 11.2. The fourth-order valence-electron chi connectivity index (χ4n) is 1.78. The van der Waals surface area contributed by atoms with Gasteiger partial charge in [-0.25, -0.2) is 4.39 Å². The molecule has 0 aliphatic rings. The maximum absolute atomic E-state index is 13.8. The second-order valence-corrected chi connectivity index (χ2v) is 5.18. The van der Waals surface area contributed by atoms with Gasteiger partial charge >= 0.3 is 0 Å². The summed E-state index contributed by atoms with van der Waals surface area (Å²) in [6.07, 6.45) is 0. The summed E-state index contributed by atoms with van der Waals surface area (Å²) < 4.78 is 14.7. The Hall–Kier alpha value is -2.08. The van der Waals surface area contributed by atoms with Gasteiger partial charge in [0.1, 0.15) is 5.82 Å². The summed E-state index contributed by atoms with van der Waals surface area (Å²) in [6, 6.07) is 10.0. The molecule has 104 valence electrons. The first-order chi connectivity index (χ1) is 9.47. The molecule has 0 atom stereocenters. The summed E-state index contributed by atoms with van der Waals surface area (Å²) in [6.45, 7) is 0.415. The monoisotopic (exact) mass is 337 g/mol. The number of hydrogen-bond donors (Lipinski definition) is 3. The number of rotatable bonds is 4. The Bertz CT molecular complexity index is 661. The van der Waals surface area contributed by atoms with Crippen LogP contribution in [0.15, 0.2) is 40.9 Å². The normalized spacial score (nSPS) is 10.3. The number of carbonyl (C=O) groups is 1. The number of halogens is 2. The lowest BCUT2D eigenvalue weighted by atomic mass is 10.1. The number of carbonyl (C=O) groups excluding carboxylic acids is 1. The van der Waals surface area contributed by atoms with Gasteiger partial charge in [0.2, 0.25) is 0 Å². The second kappa shape index (κ2) is 5.92. The SMILES string of the molecule is NC(=O)c1cc(NCc2cccc(Br)c2)c(F)cc1N. The molecule has 0 fully saturated rings. The molecule has 6 heteroatoms. The van der Waals surface area contributed by atoms with Gasteiger partial charge in [-0.2, -0.15) is 0 Å². The Kier molecular flexibility index (Phi) is 4.24. The number of amides is 1. The van der Waals surface area contributed by atoms with Gasteiger partial charge in [0.15, 0.2) is 0 Å². The highest BCUT2D eigenvalue weighted by Crippen LogP contribution is 2.23. The number of nitrogen functional groups attached to an aromatic ring is 1. The lowest BCUT2D eigenvalue weighted by Crippen LogP contribution is -2.15. The third-order valence-electron chi connectivity index (χ3n) is 2.78. The lowest BCUT2D eigenvalue weighted by Gasteiger charge is -2.11. The van der Waals surface area contributed by atoms with Gasteiger partial charge in [0.25, 0.3) is 5.91 Å². The Labute approximate surface area is 124 Å². The highest BCUT2D eigenvalue weighted by atomic mass is 79.9. The molecule has 0 aromatic heterocycles. The van der Waals surface area contributed by atoms with E-state index in [1.165, 1.54) is 6.07 Å². The van der Waals surface area contributed by atoms with E-state index in [-0.39, 0.29) is 16.9 Å². The molecule has 0 aliphatic heterocycles. The molecule has 0 spiro atoms. The number of primary amides is 1. The van der Waals surface area contributed by atoms with Crippen LogP contribution in [0.4, 0.5) is 15.8 Å². The van der Waals surface area contributed by atoms with Crippen LogP contribution in [0.5, 0.6) is 0 Å². The summed E-state index contributed by atoms with van der Waals surface area (Å²) in [5, 5.41) is 2.92. The zero-order valence-electron chi connectivity index (χ0n) is 10.5. The smallest absolute Gasteiger partial charge is 0.250 e. The van der Waals surface area contributed by atoms with Crippen LogP contribution in [0.25, 0.3) is 0 Å². The van der Waals surface area contributed by atoms with Gasteiger partial charge in [-0.05, 0) is 29.8 Å². The summed E-state index contributed by atoms with van der Waals surface area (Å²) in [5.74, 6) is -1.21. The predicted molar refractivity (Wildman–Crippen MR) is 80.8 cm³/mol. The molecule has 2 rings (SSSR count). The van der Waals surface area contributed by atoms with Crippen molar-refractivity contribution < 1.29 is 9.18 Å². The van der Waals surface area contributed by atoms with Crippen molar-refractivity contribution in [1.29, 1.82) is 0 Å². The molecule has 0 unspecified atom stereocenters. The van der Waals surface area contributed by atoms with Crippen LogP contribution < -0.4 is 16.8 Å². The molecule has 2 aromatic carbocycles. The van der Waals surface area contributed by atoms with E-state index >= 15 is 0 Å². The van der Waals surface area contributed by atoms with Crippen molar-refractivity contribution in [2.75, 3.05) is 11.1 Å².